The molecule has 2 rings (SSSR count). The molecular formula is C19H28N2O4. The molecule has 1 saturated carbocycles. The Kier molecular flexibility index (Phi) is 7.25. The standard InChI is InChI=1S/C19H28N2O4/c1-3-21(13-19(23)24)16-11-15(12-16)20-18(22)9-6-10-25-17-8-5-4-7-14(17)2/h4-5,7-8,15-16H,3,6,9-13H2,1-2H3,(H,20,22)(H,23,24). The van der Waals surface area contributed by atoms with Crippen molar-refractivity contribution in [2.45, 2.75) is 51.6 Å². The van der Waals surface area contributed by atoms with E-state index in [0.29, 0.717) is 26.0 Å². The third-order valence-corrected chi connectivity index (χ3v) is 4.64. The van der Waals surface area contributed by atoms with Crippen LogP contribution in [-0.4, -0.2) is 53.7 Å². The lowest BCUT2D eigenvalue weighted by Crippen LogP contribution is -2.54. The van der Waals surface area contributed by atoms with Crippen molar-refractivity contribution < 1.29 is 19.4 Å². The fraction of sp³-hybridized carbons (Fsp3) is 0.579. The third-order valence-electron chi connectivity index (χ3n) is 4.64. The fourth-order valence-electron chi connectivity index (χ4n) is 3.11. The van der Waals surface area contributed by atoms with Gasteiger partial charge >= 0.3 is 5.97 Å². The molecule has 1 aliphatic rings. The molecule has 0 spiro atoms. The second kappa shape index (κ2) is 9.42. The molecule has 1 aliphatic carbocycles. The van der Waals surface area contributed by atoms with Gasteiger partial charge in [0.2, 0.25) is 5.91 Å². The Labute approximate surface area is 149 Å². The first-order valence-corrected chi connectivity index (χ1v) is 8.93. The third kappa shape index (κ3) is 6.05. The molecule has 1 fully saturated rings. The minimum atomic E-state index is -0.803. The molecule has 0 aromatic heterocycles. The number of carbonyl (C=O) groups is 2. The number of aliphatic carboxylic acids is 1. The van der Waals surface area contributed by atoms with Crippen molar-refractivity contribution in [3.8, 4) is 5.75 Å². The van der Waals surface area contributed by atoms with E-state index in [1.54, 1.807) is 0 Å². The van der Waals surface area contributed by atoms with E-state index >= 15 is 0 Å². The van der Waals surface area contributed by atoms with Gasteiger partial charge in [-0.1, -0.05) is 25.1 Å². The number of amides is 1. The van der Waals surface area contributed by atoms with Crippen LogP contribution in [0.2, 0.25) is 0 Å². The van der Waals surface area contributed by atoms with Crippen molar-refractivity contribution in [2.75, 3.05) is 19.7 Å². The Balaban J connectivity index is 1.59. The second-order valence-corrected chi connectivity index (χ2v) is 6.56. The summed E-state index contributed by atoms with van der Waals surface area (Å²) >= 11 is 0. The van der Waals surface area contributed by atoms with Gasteiger partial charge in [-0.2, -0.15) is 0 Å². The molecule has 138 valence electrons. The van der Waals surface area contributed by atoms with E-state index in [0.717, 1.165) is 24.2 Å². The van der Waals surface area contributed by atoms with E-state index in [1.807, 2.05) is 43.0 Å². The van der Waals surface area contributed by atoms with Gasteiger partial charge in [-0.05, 0) is 44.4 Å². The quantitative estimate of drug-likeness (QED) is 0.634. The zero-order valence-corrected chi connectivity index (χ0v) is 15.0. The Morgan fingerprint density at radius 1 is 1.32 bits per heavy atom. The largest absolute Gasteiger partial charge is 0.493 e. The predicted molar refractivity (Wildman–Crippen MR) is 95.7 cm³/mol. The van der Waals surface area contributed by atoms with Crippen LogP contribution in [0.25, 0.3) is 0 Å². The van der Waals surface area contributed by atoms with Gasteiger partial charge in [-0.25, -0.2) is 0 Å². The maximum atomic E-state index is 12.0. The first-order valence-electron chi connectivity index (χ1n) is 8.93. The molecule has 0 heterocycles. The number of aryl methyl sites for hydroxylation is 1. The predicted octanol–water partition coefficient (Wildman–Crippen LogP) is 2.21. The van der Waals surface area contributed by atoms with Gasteiger partial charge in [0.15, 0.2) is 0 Å². The summed E-state index contributed by atoms with van der Waals surface area (Å²) in [4.78, 5) is 24.7. The van der Waals surface area contributed by atoms with Crippen molar-refractivity contribution >= 4 is 11.9 Å². The summed E-state index contributed by atoms with van der Waals surface area (Å²) in [6.45, 7) is 5.27. The molecule has 1 aromatic rings. The topological polar surface area (TPSA) is 78.9 Å². The molecule has 25 heavy (non-hydrogen) atoms. The van der Waals surface area contributed by atoms with Crippen LogP contribution in [0.4, 0.5) is 0 Å². The van der Waals surface area contributed by atoms with Gasteiger partial charge in [-0.3, -0.25) is 14.5 Å². The summed E-state index contributed by atoms with van der Waals surface area (Å²) in [6.07, 6.45) is 2.77. The van der Waals surface area contributed by atoms with Crippen molar-refractivity contribution in [3.63, 3.8) is 0 Å². The summed E-state index contributed by atoms with van der Waals surface area (Å²) in [5.41, 5.74) is 1.09. The highest BCUT2D eigenvalue weighted by Crippen LogP contribution is 2.25. The van der Waals surface area contributed by atoms with Crippen molar-refractivity contribution in [1.82, 2.24) is 10.2 Å². The lowest BCUT2D eigenvalue weighted by molar-refractivity contribution is -0.139. The maximum Gasteiger partial charge on any atom is 0.317 e. The minimum absolute atomic E-state index is 0.0399. The first kappa shape index (κ1) is 19.2. The summed E-state index contributed by atoms with van der Waals surface area (Å²) in [7, 11) is 0. The number of para-hydroxylation sites is 1. The Hall–Kier alpha value is -2.08. The van der Waals surface area contributed by atoms with Crippen LogP contribution in [-0.2, 0) is 9.59 Å². The zero-order chi connectivity index (χ0) is 18.2. The van der Waals surface area contributed by atoms with E-state index in [-0.39, 0.29) is 24.5 Å². The molecule has 1 amide bonds. The smallest absolute Gasteiger partial charge is 0.317 e. The number of likely N-dealkylation sites (N-methyl/N-ethyl adjacent to an activating group) is 1. The molecular weight excluding hydrogens is 320 g/mol. The number of carboxylic acid groups (broad SMARTS) is 1. The van der Waals surface area contributed by atoms with Crippen molar-refractivity contribution in [1.29, 1.82) is 0 Å². The van der Waals surface area contributed by atoms with Crippen LogP contribution in [0, 0.1) is 6.92 Å². The van der Waals surface area contributed by atoms with Crippen molar-refractivity contribution in [2.24, 2.45) is 0 Å². The first-order chi connectivity index (χ1) is 12.0. The number of nitrogens with zero attached hydrogens (tertiary/aromatic N) is 1. The normalized spacial score (nSPS) is 19.3. The number of hydrogen-bond acceptors (Lipinski definition) is 4. The maximum absolute atomic E-state index is 12.0. The van der Waals surface area contributed by atoms with E-state index < -0.39 is 5.97 Å². The number of hydrogen-bond donors (Lipinski definition) is 2. The summed E-state index contributed by atoms with van der Waals surface area (Å²) < 4.78 is 5.69. The van der Waals surface area contributed by atoms with Crippen LogP contribution in [0.15, 0.2) is 24.3 Å². The van der Waals surface area contributed by atoms with E-state index in [2.05, 4.69) is 5.32 Å². The molecule has 0 atom stereocenters. The fourth-order valence-corrected chi connectivity index (χ4v) is 3.11. The highest BCUT2D eigenvalue weighted by atomic mass is 16.5. The number of carboxylic acids is 1. The Bertz CT molecular complexity index is 585. The van der Waals surface area contributed by atoms with E-state index in [9.17, 15) is 9.59 Å². The second-order valence-electron chi connectivity index (χ2n) is 6.56. The molecule has 0 saturated heterocycles. The van der Waals surface area contributed by atoms with Gasteiger partial charge in [0.05, 0.1) is 13.2 Å². The average molecular weight is 348 g/mol. The lowest BCUT2D eigenvalue weighted by atomic mass is 9.85. The molecule has 1 aromatic carbocycles. The molecule has 0 radical (unpaired) electrons. The molecule has 0 aliphatic heterocycles. The Morgan fingerprint density at radius 3 is 2.68 bits per heavy atom. The molecule has 2 N–H and O–H groups in total. The van der Waals surface area contributed by atoms with Gasteiger partial charge in [0.1, 0.15) is 5.75 Å². The van der Waals surface area contributed by atoms with Gasteiger partial charge in [0, 0.05) is 18.5 Å². The highest BCUT2D eigenvalue weighted by Gasteiger charge is 2.34. The van der Waals surface area contributed by atoms with Crippen LogP contribution in [0.3, 0.4) is 0 Å². The van der Waals surface area contributed by atoms with Crippen LogP contribution in [0.5, 0.6) is 5.75 Å². The van der Waals surface area contributed by atoms with Gasteiger partial charge in [0.25, 0.3) is 0 Å². The molecule has 6 heteroatoms. The van der Waals surface area contributed by atoms with E-state index in [1.165, 1.54) is 0 Å². The lowest BCUT2D eigenvalue weighted by Gasteiger charge is -2.42. The summed E-state index contributed by atoms with van der Waals surface area (Å²) in [6, 6.07) is 8.26. The SMILES string of the molecule is CCN(CC(=O)O)C1CC(NC(=O)CCCOc2ccccc2C)C1. The zero-order valence-electron chi connectivity index (χ0n) is 15.0. The van der Waals surface area contributed by atoms with Crippen LogP contribution >= 0.6 is 0 Å². The minimum Gasteiger partial charge on any atom is -0.493 e. The average Bonchev–Trinajstić information content (AvgIpc) is 2.54. The van der Waals surface area contributed by atoms with Crippen molar-refractivity contribution in [3.05, 3.63) is 29.8 Å². The molecule has 0 bridgehead atoms. The van der Waals surface area contributed by atoms with Gasteiger partial charge in [-0.15, -0.1) is 0 Å². The number of rotatable bonds is 10. The number of benzene rings is 1. The van der Waals surface area contributed by atoms with Gasteiger partial charge < -0.3 is 15.2 Å². The molecule has 0 unspecified atom stereocenters. The van der Waals surface area contributed by atoms with Crippen LogP contribution < -0.4 is 10.1 Å². The number of ether oxygens (including phenoxy) is 1. The van der Waals surface area contributed by atoms with E-state index in [4.69, 9.17) is 9.84 Å². The number of carbonyl (C=O) groups excluding carboxylic acids is 1. The monoisotopic (exact) mass is 348 g/mol. The Morgan fingerprint density at radius 2 is 2.04 bits per heavy atom. The van der Waals surface area contributed by atoms with Crippen LogP contribution in [0.1, 0.15) is 38.2 Å². The number of nitrogens with one attached hydrogen (secondary N) is 1. The summed E-state index contributed by atoms with van der Waals surface area (Å²) in [5, 5.41) is 11.9. The summed E-state index contributed by atoms with van der Waals surface area (Å²) in [5.74, 6) is 0.101. The highest BCUT2D eigenvalue weighted by molar-refractivity contribution is 5.76. The molecule has 6 nitrogen and oxygen atoms in total.